The summed E-state index contributed by atoms with van der Waals surface area (Å²) in [6.07, 6.45) is 0.0301. The average molecular weight is 379 g/mol. The van der Waals surface area contributed by atoms with E-state index in [4.69, 9.17) is 0 Å². The van der Waals surface area contributed by atoms with Crippen molar-refractivity contribution in [2.45, 2.75) is 13.3 Å². The number of anilines is 1. The molecule has 0 radical (unpaired) electrons. The van der Waals surface area contributed by atoms with Crippen LogP contribution in [0.15, 0.2) is 46.9 Å². The number of hydrogen-bond donors (Lipinski definition) is 2. The van der Waals surface area contributed by atoms with Crippen LogP contribution >= 0.6 is 15.9 Å². The molecule has 0 heterocycles. The van der Waals surface area contributed by atoms with E-state index in [9.17, 15) is 14.0 Å². The number of halogens is 2. The molecule has 0 saturated carbocycles. The highest BCUT2D eigenvalue weighted by atomic mass is 79.9. The lowest BCUT2D eigenvalue weighted by atomic mass is 10.1. The van der Waals surface area contributed by atoms with Crippen LogP contribution in [0.2, 0.25) is 0 Å². The maximum Gasteiger partial charge on any atom is 0.243 e. The number of carbonyl (C=O) groups is 2. The van der Waals surface area contributed by atoms with Crippen molar-refractivity contribution in [2.75, 3.05) is 11.9 Å². The summed E-state index contributed by atoms with van der Waals surface area (Å²) in [5, 5.41) is 5.25. The second-order valence-electron chi connectivity index (χ2n) is 5.09. The lowest BCUT2D eigenvalue weighted by molar-refractivity contribution is -0.123. The average Bonchev–Trinajstić information content (AvgIpc) is 2.48. The number of rotatable bonds is 5. The molecule has 0 saturated heterocycles. The number of hydrogen-bond acceptors (Lipinski definition) is 2. The Morgan fingerprint density at radius 1 is 1.13 bits per heavy atom. The number of carbonyl (C=O) groups excluding carboxylic acids is 2. The maximum absolute atomic E-state index is 13.0. The van der Waals surface area contributed by atoms with Gasteiger partial charge in [0.25, 0.3) is 0 Å². The Balaban J connectivity index is 1.83. The molecule has 2 N–H and O–H groups in total. The highest BCUT2D eigenvalue weighted by molar-refractivity contribution is 9.10. The monoisotopic (exact) mass is 378 g/mol. The third kappa shape index (κ3) is 5.49. The minimum absolute atomic E-state index is 0.0301. The summed E-state index contributed by atoms with van der Waals surface area (Å²) in [7, 11) is 0. The largest absolute Gasteiger partial charge is 0.347 e. The first kappa shape index (κ1) is 17.1. The van der Waals surface area contributed by atoms with Gasteiger partial charge in [-0.2, -0.15) is 0 Å². The van der Waals surface area contributed by atoms with Crippen LogP contribution in [0.25, 0.3) is 0 Å². The molecule has 4 nitrogen and oxygen atoms in total. The van der Waals surface area contributed by atoms with Gasteiger partial charge in [-0.05, 0) is 48.4 Å². The summed E-state index contributed by atoms with van der Waals surface area (Å²) in [6.45, 7) is 1.74. The number of nitrogens with one attached hydrogen (secondary N) is 2. The quantitative estimate of drug-likeness (QED) is 0.839. The zero-order valence-electron chi connectivity index (χ0n) is 12.5. The molecule has 120 valence electrons. The van der Waals surface area contributed by atoms with Crippen LogP contribution < -0.4 is 10.6 Å². The van der Waals surface area contributed by atoms with Gasteiger partial charge in [0, 0.05) is 10.2 Å². The van der Waals surface area contributed by atoms with Crippen molar-refractivity contribution < 1.29 is 14.0 Å². The van der Waals surface area contributed by atoms with E-state index in [1.54, 1.807) is 18.2 Å². The Labute approximate surface area is 142 Å². The fraction of sp³-hybridized carbons (Fsp3) is 0.176. The minimum atomic E-state index is -0.390. The van der Waals surface area contributed by atoms with E-state index < -0.39 is 5.82 Å². The van der Waals surface area contributed by atoms with Crippen molar-refractivity contribution in [3.63, 3.8) is 0 Å². The molecule has 6 heteroatoms. The zero-order valence-corrected chi connectivity index (χ0v) is 14.1. The Hall–Kier alpha value is -2.21. The molecule has 0 unspecified atom stereocenters. The molecular weight excluding hydrogens is 363 g/mol. The fourth-order valence-electron chi connectivity index (χ4n) is 2.04. The summed E-state index contributed by atoms with van der Waals surface area (Å²) in [5.74, 6) is -1.04. The topological polar surface area (TPSA) is 58.2 Å². The van der Waals surface area contributed by atoms with E-state index in [1.807, 2.05) is 19.1 Å². The Kier molecular flexibility index (Phi) is 5.87. The van der Waals surface area contributed by atoms with Crippen LogP contribution in [0.1, 0.15) is 11.1 Å². The van der Waals surface area contributed by atoms with Crippen molar-refractivity contribution in [1.82, 2.24) is 5.32 Å². The van der Waals surface area contributed by atoms with Crippen LogP contribution in [0.3, 0.4) is 0 Å². The van der Waals surface area contributed by atoms with Gasteiger partial charge < -0.3 is 10.6 Å². The second-order valence-corrected chi connectivity index (χ2v) is 6.01. The van der Waals surface area contributed by atoms with Gasteiger partial charge in [0.2, 0.25) is 11.8 Å². The van der Waals surface area contributed by atoms with Crippen LogP contribution in [0.5, 0.6) is 0 Å². The summed E-state index contributed by atoms with van der Waals surface area (Å²) in [6, 6.07) is 11.3. The molecule has 0 bridgehead atoms. The highest BCUT2D eigenvalue weighted by Gasteiger charge is 2.08. The standard InChI is InChI=1S/C17H16BrFN2O2/c1-11-7-13(18)5-6-15(11)21-17(23)10-20-16(22)9-12-3-2-4-14(19)8-12/h2-8H,9-10H2,1H3,(H,20,22)(H,21,23). The van der Waals surface area contributed by atoms with Crippen LogP contribution in [0, 0.1) is 12.7 Å². The van der Waals surface area contributed by atoms with Gasteiger partial charge in [-0.25, -0.2) is 4.39 Å². The van der Waals surface area contributed by atoms with E-state index >= 15 is 0 Å². The lowest BCUT2D eigenvalue weighted by Crippen LogP contribution is -2.33. The van der Waals surface area contributed by atoms with Crippen molar-refractivity contribution in [1.29, 1.82) is 0 Å². The van der Waals surface area contributed by atoms with Crippen LogP contribution in [0.4, 0.5) is 10.1 Å². The Morgan fingerprint density at radius 3 is 2.61 bits per heavy atom. The van der Waals surface area contributed by atoms with Gasteiger partial charge in [0.05, 0.1) is 13.0 Å². The molecule has 0 aromatic heterocycles. The van der Waals surface area contributed by atoms with Crippen molar-refractivity contribution in [3.8, 4) is 0 Å². The van der Waals surface area contributed by atoms with Gasteiger partial charge in [-0.1, -0.05) is 28.1 Å². The second kappa shape index (κ2) is 7.87. The molecule has 0 aliphatic rings. The maximum atomic E-state index is 13.0. The molecule has 23 heavy (non-hydrogen) atoms. The minimum Gasteiger partial charge on any atom is -0.347 e. The summed E-state index contributed by atoms with van der Waals surface area (Å²) in [5.41, 5.74) is 2.17. The van der Waals surface area contributed by atoms with E-state index in [2.05, 4.69) is 26.6 Å². The highest BCUT2D eigenvalue weighted by Crippen LogP contribution is 2.19. The van der Waals surface area contributed by atoms with E-state index in [0.717, 1.165) is 10.0 Å². The Morgan fingerprint density at radius 2 is 1.91 bits per heavy atom. The van der Waals surface area contributed by atoms with Gasteiger partial charge in [-0.3, -0.25) is 9.59 Å². The van der Waals surface area contributed by atoms with Gasteiger partial charge >= 0.3 is 0 Å². The molecule has 2 aromatic rings. The fourth-order valence-corrected chi connectivity index (χ4v) is 2.51. The molecule has 2 amide bonds. The lowest BCUT2D eigenvalue weighted by Gasteiger charge is -2.09. The predicted octanol–water partition coefficient (Wildman–Crippen LogP) is 3.19. The molecular formula is C17H16BrFN2O2. The zero-order chi connectivity index (χ0) is 16.8. The van der Waals surface area contributed by atoms with Gasteiger partial charge in [0.1, 0.15) is 5.82 Å². The molecule has 0 atom stereocenters. The van der Waals surface area contributed by atoms with E-state index in [0.29, 0.717) is 11.3 Å². The van der Waals surface area contributed by atoms with Crippen LogP contribution in [-0.4, -0.2) is 18.4 Å². The molecule has 0 spiro atoms. The van der Waals surface area contributed by atoms with E-state index in [-0.39, 0.29) is 24.8 Å². The first-order valence-electron chi connectivity index (χ1n) is 7.01. The molecule has 2 rings (SSSR count). The third-order valence-electron chi connectivity index (χ3n) is 3.16. The smallest absolute Gasteiger partial charge is 0.243 e. The predicted molar refractivity (Wildman–Crippen MR) is 90.6 cm³/mol. The SMILES string of the molecule is Cc1cc(Br)ccc1NC(=O)CNC(=O)Cc1cccc(F)c1. The molecule has 2 aromatic carbocycles. The van der Waals surface area contributed by atoms with Gasteiger partial charge in [-0.15, -0.1) is 0 Å². The first-order valence-corrected chi connectivity index (χ1v) is 7.80. The number of benzene rings is 2. The van der Waals surface area contributed by atoms with Gasteiger partial charge in [0.15, 0.2) is 0 Å². The van der Waals surface area contributed by atoms with Crippen molar-refractivity contribution in [3.05, 3.63) is 63.9 Å². The summed E-state index contributed by atoms with van der Waals surface area (Å²) < 4.78 is 14.0. The van der Waals surface area contributed by atoms with Crippen molar-refractivity contribution >= 4 is 33.4 Å². The molecule has 0 aliphatic carbocycles. The number of amides is 2. The van der Waals surface area contributed by atoms with Crippen molar-refractivity contribution in [2.24, 2.45) is 0 Å². The normalized spacial score (nSPS) is 10.2. The Bertz CT molecular complexity index is 734. The summed E-state index contributed by atoms with van der Waals surface area (Å²) >= 11 is 3.35. The molecule has 0 fully saturated rings. The first-order chi connectivity index (χ1) is 10.9. The van der Waals surface area contributed by atoms with Crippen LogP contribution in [-0.2, 0) is 16.0 Å². The number of aryl methyl sites for hydroxylation is 1. The summed E-state index contributed by atoms with van der Waals surface area (Å²) in [4.78, 5) is 23.6. The molecule has 0 aliphatic heterocycles. The van der Waals surface area contributed by atoms with E-state index in [1.165, 1.54) is 12.1 Å². The third-order valence-corrected chi connectivity index (χ3v) is 3.66.